The zero-order valence-electron chi connectivity index (χ0n) is 23.3. The standard InChI is InChI=1S/C29H38N2O8/c1-27(2,3)12-28(4,5)31-11-14-9-17(32)20-16(23(14)39-6)8-13-7-15-10-18(33)21(26(30)37)25(36)29(15,38)24(35)19(13)22(20)34/h9,13,15,31-32,34,36,38H,7-8,10-12H2,1-6H3,(H2,30,37)/t13?,15-,29-/m0/s1. The molecule has 212 valence electrons. The summed E-state index contributed by atoms with van der Waals surface area (Å²) in [6, 6.07) is 1.47. The first-order valence-corrected chi connectivity index (χ1v) is 13.1. The molecular formula is C29H38N2O8. The van der Waals surface area contributed by atoms with Gasteiger partial charge in [0.25, 0.3) is 5.91 Å². The van der Waals surface area contributed by atoms with Crippen molar-refractivity contribution in [1.29, 1.82) is 0 Å². The Balaban J connectivity index is 1.79. The maximum absolute atomic E-state index is 13.6. The molecule has 10 nitrogen and oxygen atoms in total. The van der Waals surface area contributed by atoms with Crippen LogP contribution in [0, 0.1) is 17.3 Å². The molecular weight excluding hydrogens is 504 g/mol. The van der Waals surface area contributed by atoms with Crippen LogP contribution in [-0.4, -0.2) is 56.1 Å². The highest BCUT2D eigenvalue weighted by molar-refractivity contribution is 6.22. The predicted octanol–water partition coefficient (Wildman–Crippen LogP) is 2.74. The number of nitrogens with two attached hydrogens (primary N) is 1. The molecule has 1 amide bonds. The van der Waals surface area contributed by atoms with E-state index in [4.69, 9.17) is 10.5 Å². The topological polar surface area (TPSA) is 179 Å². The third kappa shape index (κ3) is 4.69. The first-order chi connectivity index (χ1) is 17.9. The number of hydrogen-bond acceptors (Lipinski definition) is 9. The van der Waals surface area contributed by atoms with E-state index in [2.05, 4.69) is 39.9 Å². The number of carbonyl (C=O) groups excluding carboxylic acids is 3. The van der Waals surface area contributed by atoms with E-state index in [1.54, 1.807) is 0 Å². The maximum atomic E-state index is 13.6. The van der Waals surface area contributed by atoms with Crippen LogP contribution in [0.1, 0.15) is 70.6 Å². The fraction of sp³-hybridized carbons (Fsp3) is 0.552. The maximum Gasteiger partial charge on any atom is 0.255 e. The summed E-state index contributed by atoms with van der Waals surface area (Å²) in [6.07, 6.45) is 0.771. The number of aliphatic hydroxyl groups is 3. The van der Waals surface area contributed by atoms with Gasteiger partial charge in [-0.2, -0.15) is 0 Å². The lowest BCUT2D eigenvalue weighted by atomic mass is 9.59. The van der Waals surface area contributed by atoms with Crippen LogP contribution >= 0.6 is 0 Å². The van der Waals surface area contributed by atoms with Crippen molar-refractivity contribution in [2.75, 3.05) is 7.11 Å². The van der Waals surface area contributed by atoms with Crippen molar-refractivity contribution in [3.8, 4) is 11.5 Å². The number of aromatic hydroxyl groups is 1. The van der Waals surface area contributed by atoms with Crippen LogP contribution in [0.15, 0.2) is 23.0 Å². The molecule has 1 fully saturated rings. The molecule has 7 N–H and O–H groups in total. The number of Topliss-reactive ketones (excluding diaryl/α,β-unsaturated/α-hetero) is 2. The van der Waals surface area contributed by atoms with Crippen LogP contribution in [-0.2, 0) is 27.3 Å². The molecule has 0 heterocycles. The first kappa shape index (κ1) is 28.6. The molecule has 0 radical (unpaired) electrons. The summed E-state index contributed by atoms with van der Waals surface area (Å²) in [4.78, 5) is 38.0. The monoisotopic (exact) mass is 542 g/mol. The Morgan fingerprint density at radius 1 is 1.15 bits per heavy atom. The Hall–Kier alpha value is -3.37. The average Bonchev–Trinajstić information content (AvgIpc) is 2.78. The highest BCUT2D eigenvalue weighted by Gasteiger charge is 2.60. The van der Waals surface area contributed by atoms with Crippen molar-refractivity contribution in [2.24, 2.45) is 23.0 Å². The van der Waals surface area contributed by atoms with Gasteiger partial charge in [-0.25, -0.2) is 0 Å². The van der Waals surface area contributed by atoms with Crippen LogP contribution < -0.4 is 15.8 Å². The van der Waals surface area contributed by atoms with E-state index in [0.29, 0.717) is 23.4 Å². The molecule has 1 saturated carbocycles. The third-order valence-electron chi connectivity index (χ3n) is 8.02. The minimum Gasteiger partial charge on any atom is -0.508 e. The van der Waals surface area contributed by atoms with Gasteiger partial charge in [0.1, 0.15) is 28.6 Å². The van der Waals surface area contributed by atoms with Crippen LogP contribution in [0.4, 0.5) is 0 Å². The minimum atomic E-state index is -2.59. The number of benzene rings is 1. The molecule has 3 aliphatic carbocycles. The Morgan fingerprint density at radius 3 is 2.36 bits per heavy atom. The summed E-state index contributed by atoms with van der Waals surface area (Å²) < 4.78 is 5.75. The summed E-state index contributed by atoms with van der Waals surface area (Å²) in [7, 11) is 1.49. The summed E-state index contributed by atoms with van der Waals surface area (Å²) in [5, 5.41) is 47.8. The van der Waals surface area contributed by atoms with Crippen molar-refractivity contribution in [3.63, 3.8) is 0 Å². The Bertz CT molecular complexity index is 1330. The highest BCUT2D eigenvalue weighted by atomic mass is 16.5. The second-order valence-electron chi connectivity index (χ2n) is 12.8. The molecule has 0 aromatic heterocycles. The number of fused-ring (bicyclic) bond motifs is 3. The smallest absolute Gasteiger partial charge is 0.255 e. The number of phenols is 1. The summed E-state index contributed by atoms with van der Waals surface area (Å²) >= 11 is 0. The molecule has 4 rings (SSSR count). The molecule has 1 unspecified atom stereocenters. The van der Waals surface area contributed by atoms with Crippen molar-refractivity contribution >= 4 is 23.2 Å². The minimum absolute atomic E-state index is 0.0108. The van der Waals surface area contributed by atoms with Gasteiger partial charge in [-0.3, -0.25) is 14.4 Å². The van der Waals surface area contributed by atoms with Gasteiger partial charge in [-0.15, -0.1) is 0 Å². The summed E-state index contributed by atoms with van der Waals surface area (Å²) in [5.41, 5.74) is 2.70. The van der Waals surface area contributed by atoms with Gasteiger partial charge < -0.3 is 36.2 Å². The van der Waals surface area contributed by atoms with E-state index in [1.807, 2.05) is 0 Å². The largest absolute Gasteiger partial charge is 0.508 e. The number of methoxy groups -OCH3 is 1. The number of hydrogen-bond donors (Lipinski definition) is 6. The fourth-order valence-electron chi connectivity index (χ4n) is 6.84. The molecule has 0 spiro atoms. The number of amides is 1. The number of primary amides is 1. The van der Waals surface area contributed by atoms with Gasteiger partial charge in [0.2, 0.25) is 5.78 Å². The quantitative estimate of drug-likeness (QED) is 0.295. The van der Waals surface area contributed by atoms with Gasteiger partial charge in [-0.1, -0.05) is 20.8 Å². The van der Waals surface area contributed by atoms with Crippen LogP contribution in [0.3, 0.4) is 0 Å². The molecule has 0 saturated heterocycles. The van der Waals surface area contributed by atoms with E-state index in [0.717, 1.165) is 6.42 Å². The SMILES string of the molecule is COc1c(CNC(C)(C)CC(C)(C)C)cc(O)c2c1CC1C[C@H]3CC(=O)C(C(N)=O)=C(O)[C@@]3(O)C(=O)C1=C2O. The van der Waals surface area contributed by atoms with Crippen LogP contribution in [0.5, 0.6) is 11.5 Å². The third-order valence-corrected chi connectivity index (χ3v) is 8.02. The van der Waals surface area contributed by atoms with E-state index >= 15 is 0 Å². The van der Waals surface area contributed by atoms with Gasteiger partial charge in [-0.05, 0) is 50.5 Å². The number of phenolic OH excluding ortho intramolecular Hbond substituents is 1. The average molecular weight is 543 g/mol. The van der Waals surface area contributed by atoms with Crippen LogP contribution in [0.25, 0.3) is 5.76 Å². The van der Waals surface area contributed by atoms with E-state index in [1.165, 1.54) is 13.2 Å². The van der Waals surface area contributed by atoms with E-state index in [9.17, 15) is 34.8 Å². The second kappa shape index (κ2) is 9.38. The van der Waals surface area contributed by atoms with Gasteiger partial charge >= 0.3 is 0 Å². The number of ketones is 2. The predicted molar refractivity (Wildman–Crippen MR) is 143 cm³/mol. The summed E-state index contributed by atoms with van der Waals surface area (Å²) in [6.45, 7) is 11.0. The zero-order valence-corrected chi connectivity index (χ0v) is 23.3. The fourth-order valence-corrected chi connectivity index (χ4v) is 6.84. The Morgan fingerprint density at radius 2 is 1.79 bits per heavy atom. The van der Waals surface area contributed by atoms with Crippen molar-refractivity contribution in [2.45, 2.75) is 78.0 Å². The molecule has 10 heteroatoms. The van der Waals surface area contributed by atoms with Gasteiger partial charge in [0.15, 0.2) is 11.4 Å². The summed E-state index contributed by atoms with van der Waals surface area (Å²) in [5.74, 6) is -6.11. The zero-order chi connectivity index (χ0) is 29.2. The lowest BCUT2D eigenvalue weighted by Gasteiger charge is -2.46. The number of ether oxygens (including phenoxy) is 1. The van der Waals surface area contributed by atoms with Crippen molar-refractivity contribution in [3.05, 3.63) is 39.7 Å². The van der Waals surface area contributed by atoms with Crippen molar-refractivity contribution in [1.82, 2.24) is 5.32 Å². The molecule has 1 aromatic rings. The lowest BCUT2D eigenvalue weighted by Crippen LogP contribution is -2.58. The molecule has 0 aliphatic heterocycles. The highest BCUT2D eigenvalue weighted by Crippen LogP contribution is 2.53. The first-order valence-electron chi connectivity index (χ1n) is 13.1. The number of nitrogens with one attached hydrogen (secondary N) is 1. The Kier molecular flexibility index (Phi) is 6.88. The molecule has 39 heavy (non-hydrogen) atoms. The Labute approximate surface area is 227 Å². The number of rotatable bonds is 6. The molecule has 0 bridgehead atoms. The molecule has 3 atom stereocenters. The van der Waals surface area contributed by atoms with E-state index in [-0.39, 0.29) is 47.1 Å². The van der Waals surface area contributed by atoms with E-state index < -0.39 is 52.0 Å². The molecule has 1 aromatic carbocycles. The number of carbonyl (C=O) groups is 3. The number of aliphatic hydroxyl groups excluding tert-OH is 2. The van der Waals surface area contributed by atoms with Crippen LogP contribution in [0.2, 0.25) is 0 Å². The lowest BCUT2D eigenvalue weighted by molar-refractivity contribution is -0.147. The molecule has 3 aliphatic rings. The van der Waals surface area contributed by atoms with Gasteiger partial charge in [0, 0.05) is 41.1 Å². The van der Waals surface area contributed by atoms with Crippen molar-refractivity contribution < 1.29 is 39.5 Å². The second-order valence-corrected chi connectivity index (χ2v) is 12.8. The normalized spacial score (nSPS) is 25.3. The van der Waals surface area contributed by atoms with Gasteiger partial charge in [0.05, 0.1) is 12.7 Å².